The highest BCUT2D eigenvalue weighted by Gasteiger charge is 2.16. The minimum absolute atomic E-state index is 0.179. The maximum absolute atomic E-state index is 8.86. The fourth-order valence-corrected chi connectivity index (χ4v) is 1.82. The summed E-state index contributed by atoms with van der Waals surface area (Å²) in [6.07, 6.45) is 1.52. The van der Waals surface area contributed by atoms with E-state index < -0.39 is 0 Å². The van der Waals surface area contributed by atoms with Crippen molar-refractivity contribution < 1.29 is 9.73 Å². The van der Waals surface area contributed by atoms with Gasteiger partial charge in [-0.25, -0.2) is 0 Å². The molecule has 6 nitrogen and oxygen atoms in total. The second-order valence-corrected chi connectivity index (χ2v) is 4.11. The molecule has 0 spiro atoms. The fourth-order valence-electron chi connectivity index (χ4n) is 1.82. The first-order valence-corrected chi connectivity index (χ1v) is 5.93. The Hall–Kier alpha value is -2.34. The SMILES string of the molecule is N/C(=N/O)C(CNCc1ccon1)c1ccccc1. The second kappa shape index (κ2) is 6.55. The second-order valence-electron chi connectivity index (χ2n) is 4.11. The molecule has 0 bridgehead atoms. The average Bonchev–Trinajstić information content (AvgIpc) is 2.97. The molecule has 1 aromatic heterocycles. The number of benzene rings is 1. The molecular formula is C13H16N4O2. The van der Waals surface area contributed by atoms with Crippen molar-refractivity contribution in [3.63, 3.8) is 0 Å². The van der Waals surface area contributed by atoms with Gasteiger partial charge in [0.2, 0.25) is 0 Å². The first kappa shape index (κ1) is 13.1. The Bertz CT molecular complexity index is 511. The van der Waals surface area contributed by atoms with Crippen LogP contribution in [-0.2, 0) is 6.54 Å². The monoisotopic (exact) mass is 260 g/mol. The summed E-state index contributed by atoms with van der Waals surface area (Å²) in [4.78, 5) is 0. The maximum atomic E-state index is 8.86. The topological polar surface area (TPSA) is 96.7 Å². The van der Waals surface area contributed by atoms with Gasteiger partial charge in [0, 0.05) is 19.2 Å². The van der Waals surface area contributed by atoms with Crippen LogP contribution in [0.1, 0.15) is 17.2 Å². The third-order valence-electron chi connectivity index (χ3n) is 2.82. The van der Waals surface area contributed by atoms with Crippen LogP contribution < -0.4 is 11.1 Å². The molecule has 2 rings (SSSR count). The third-order valence-corrected chi connectivity index (χ3v) is 2.82. The lowest BCUT2D eigenvalue weighted by Gasteiger charge is -2.16. The number of aromatic nitrogens is 1. The lowest BCUT2D eigenvalue weighted by molar-refractivity contribution is 0.315. The van der Waals surface area contributed by atoms with Crippen molar-refractivity contribution >= 4 is 5.84 Å². The molecule has 0 aliphatic carbocycles. The molecular weight excluding hydrogens is 244 g/mol. The quantitative estimate of drug-likeness (QED) is 0.315. The molecule has 4 N–H and O–H groups in total. The van der Waals surface area contributed by atoms with Gasteiger partial charge in [-0.1, -0.05) is 40.6 Å². The number of nitrogens with zero attached hydrogens (tertiary/aromatic N) is 2. The number of nitrogens with one attached hydrogen (secondary N) is 1. The molecule has 1 heterocycles. The van der Waals surface area contributed by atoms with E-state index in [2.05, 4.69) is 15.6 Å². The summed E-state index contributed by atoms with van der Waals surface area (Å²) in [5, 5.41) is 19.0. The summed E-state index contributed by atoms with van der Waals surface area (Å²) in [5.41, 5.74) is 7.54. The van der Waals surface area contributed by atoms with Crippen molar-refractivity contribution in [2.24, 2.45) is 10.9 Å². The molecule has 1 aromatic carbocycles. The van der Waals surface area contributed by atoms with Gasteiger partial charge >= 0.3 is 0 Å². The molecule has 2 aromatic rings. The highest BCUT2D eigenvalue weighted by molar-refractivity contribution is 5.87. The predicted octanol–water partition coefficient (Wildman–Crippen LogP) is 1.29. The zero-order valence-corrected chi connectivity index (χ0v) is 10.4. The summed E-state index contributed by atoms with van der Waals surface area (Å²) in [5.74, 6) is -0.00282. The van der Waals surface area contributed by atoms with E-state index in [1.807, 2.05) is 30.3 Å². The van der Waals surface area contributed by atoms with Crippen LogP contribution in [0.2, 0.25) is 0 Å². The molecule has 0 aliphatic rings. The van der Waals surface area contributed by atoms with Crippen LogP contribution in [0.15, 0.2) is 52.3 Å². The number of hydrogen-bond donors (Lipinski definition) is 3. The van der Waals surface area contributed by atoms with Crippen LogP contribution in [0.25, 0.3) is 0 Å². The zero-order chi connectivity index (χ0) is 13.5. The van der Waals surface area contributed by atoms with Crippen molar-refractivity contribution in [1.29, 1.82) is 0 Å². The van der Waals surface area contributed by atoms with Crippen molar-refractivity contribution in [3.8, 4) is 0 Å². The summed E-state index contributed by atoms with van der Waals surface area (Å²) in [7, 11) is 0. The average molecular weight is 260 g/mol. The van der Waals surface area contributed by atoms with E-state index in [1.165, 1.54) is 6.26 Å². The van der Waals surface area contributed by atoms with Crippen LogP contribution in [0.4, 0.5) is 0 Å². The van der Waals surface area contributed by atoms with E-state index in [9.17, 15) is 0 Å². The van der Waals surface area contributed by atoms with Crippen LogP contribution >= 0.6 is 0 Å². The smallest absolute Gasteiger partial charge is 0.147 e. The molecule has 1 unspecified atom stereocenters. The summed E-state index contributed by atoms with van der Waals surface area (Å²) < 4.78 is 4.75. The molecule has 19 heavy (non-hydrogen) atoms. The Morgan fingerprint density at radius 3 is 2.79 bits per heavy atom. The van der Waals surface area contributed by atoms with Gasteiger partial charge in [-0.15, -0.1) is 0 Å². The Kier molecular flexibility index (Phi) is 4.52. The number of amidine groups is 1. The van der Waals surface area contributed by atoms with Crippen LogP contribution in [-0.4, -0.2) is 22.7 Å². The van der Waals surface area contributed by atoms with Gasteiger partial charge in [-0.2, -0.15) is 0 Å². The van der Waals surface area contributed by atoms with Gasteiger partial charge in [-0.05, 0) is 5.56 Å². The molecule has 0 aliphatic heterocycles. The van der Waals surface area contributed by atoms with E-state index in [-0.39, 0.29) is 11.8 Å². The van der Waals surface area contributed by atoms with Gasteiger partial charge in [0.15, 0.2) is 0 Å². The van der Waals surface area contributed by atoms with E-state index in [1.54, 1.807) is 6.07 Å². The number of nitrogens with two attached hydrogens (primary N) is 1. The van der Waals surface area contributed by atoms with Crippen molar-refractivity contribution in [1.82, 2.24) is 10.5 Å². The lowest BCUT2D eigenvalue weighted by atomic mass is 9.98. The minimum atomic E-state index is -0.182. The van der Waals surface area contributed by atoms with Crippen molar-refractivity contribution in [2.75, 3.05) is 6.54 Å². The first-order valence-electron chi connectivity index (χ1n) is 5.93. The standard InChI is InChI=1S/C13H16N4O2/c14-13(16-18)12(10-4-2-1-3-5-10)9-15-8-11-6-7-19-17-11/h1-7,12,15,18H,8-9H2,(H2,14,16). The molecule has 0 saturated carbocycles. The summed E-state index contributed by atoms with van der Waals surface area (Å²) in [6, 6.07) is 11.4. The van der Waals surface area contributed by atoms with Crippen LogP contribution in [0.5, 0.6) is 0 Å². The maximum Gasteiger partial charge on any atom is 0.147 e. The largest absolute Gasteiger partial charge is 0.409 e. The minimum Gasteiger partial charge on any atom is -0.409 e. The van der Waals surface area contributed by atoms with E-state index in [0.29, 0.717) is 13.1 Å². The Balaban J connectivity index is 1.99. The van der Waals surface area contributed by atoms with E-state index >= 15 is 0 Å². The first-order chi connectivity index (χ1) is 9.31. The van der Waals surface area contributed by atoms with Gasteiger partial charge in [0.05, 0.1) is 11.6 Å². The highest BCUT2D eigenvalue weighted by atomic mass is 16.5. The van der Waals surface area contributed by atoms with Crippen LogP contribution in [0.3, 0.4) is 0 Å². The number of oxime groups is 1. The highest BCUT2D eigenvalue weighted by Crippen LogP contribution is 2.14. The molecule has 100 valence electrons. The molecule has 6 heteroatoms. The lowest BCUT2D eigenvalue weighted by Crippen LogP contribution is -2.31. The van der Waals surface area contributed by atoms with Gasteiger partial charge in [-0.3, -0.25) is 0 Å². The molecule has 0 amide bonds. The zero-order valence-electron chi connectivity index (χ0n) is 10.4. The number of rotatable bonds is 6. The molecule has 0 saturated heterocycles. The molecule has 0 radical (unpaired) electrons. The van der Waals surface area contributed by atoms with Crippen LogP contribution in [0, 0.1) is 0 Å². The predicted molar refractivity (Wildman–Crippen MR) is 70.8 cm³/mol. The van der Waals surface area contributed by atoms with Gasteiger partial charge in [0.25, 0.3) is 0 Å². The van der Waals surface area contributed by atoms with Gasteiger partial charge < -0.3 is 20.8 Å². The van der Waals surface area contributed by atoms with E-state index in [4.69, 9.17) is 15.5 Å². The van der Waals surface area contributed by atoms with Crippen molar-refractivity contribution in [2.45, 2.75) is 12.5 Å². The number of hydrogen-bond acceptors (Lipinski definition) is 5. The summed E-state index contributed by atoms with van der Waals surface area (Å²) in [6.45, 7) is 1.12. The van der Waals surface area contributed by atoms with Crippen molar-refractivity contribution in [3.05, 3.63) is 53.9 Å². The summed E-state index contributed by atoms with van der Waals surface area (Å²) >= 11 is 0. The molecule has 0 fully saturated rings. The fraction of sp³-hybridized carbons (Fsp3) is 0.231. The Morgan fingerprint density at radius 2 is 2.16 bits per heavy atom. The van der Waals surface area contributed by atoms with Gasteiger partial charge in [0.1, 0.15) is 12.1 Å². The Morgan fingerprint density at radius 1 is 1.37 bits per heavy atom. The van der Waals surface area contributed by atoms with E-state index in [0.717, 1.165) is 11.3 Å². The third kappa shape index (κ3) is 3.56. The normalized spacial score (nSPS) is 13.4. The Labute approximate surface area is 110 Å². The molecule has 1 atom stereocenters.